The zero-order valence-electron chi connectivity index (χ0n) is 12.3. The number of hydrogen-bond donors (Lipinski definition) is 0. The van der Waals surface area contributed by atoms with Gasteiger partial charge in [-0.2, -0.15) is 0 Å². The highest BCUT2D eigenvalue weighted by atomic mass is 16.6. The second kappa shape index (κ2) is 3.44. The molecule has 0 radical (unpaired) electrons. The topological polar surface area (TPSA) is 12.5 Å². The van der Waals surface area contributed by atoms with Crippen LogP contribution in [0.3, 0.4) is 0 Å². The molecule has 0 amide bonds. The molecular weight excluding hydrogens is 268 g/mol. The zero-order chi connectivity index (χ0) is 14.4. The van der Waals surface area contributed by atoms with Gasteiger partial charge in [-0.25, -0.2) is 0 Å². The molecule has 104 valence electrons. The first-order chi connectivity index (χ1) is 10.8. The van der Waals surface area contributed by atoms with Crippen LogP contribution in [-0.2, 0) is 6.42 Å². The molecule has 1 atom stereocenters. The molecule has 1 unspecified atom stereocenters. The highest BCUT2D eigenvalue weighted by Gasteiger charge is 2.33. The molecule has 6 rings (SSSR count). The average Bonchev–Trinajstić information content (AvgIpc) is 3.27. The first-order valence-corrected chi connectivity index (χ1v) is 7.93. The van der Waals surface area contributed by atoms with Gasteiger partial charge in [0.1, 0.15) is 0 Å². The van der Waals surface area contributed by atoms with Crippen molar-refractivity contribution in [3.63, 3.8) is 0 Å². The lowest BCUT2D eigenvalue weighted by Gasteiger charge is -2.10. The number of ether oxygens (including phenoxy) is 1. The highest BCUT2D eigenvalue weighted by molar-refractivity contribution is 6.22. The van der Waals surface area contributed by atoms with Crippen LogP contribution in [0.1, 0.15) is 24.0 Å². The molecule has 1 nitrogen and oxygen atoms in total. The molecule has 1 heteroatoms. The quantitative estimate of drug-likeness (QED) is 0.195. The van der Waals surface area contributed by atoms with Gasteiger partial charge in [-0.3, -0.25) is 0 Å². The minimum Gasteiger partial charge on any atom is -0.448 e. The minimum absolute atomic E-state index is 0.568. The summed E-state index contributed by atoms with van der Waals surface area (Å²) in [5.74, 6) is 2.78. The van der Waals surface area contributed by atoms with Gasteiger partial charge < -0.3 is 4.74 Å². The number of hydrogen-bond acceptors (Lipinski definition) is 1. The van der Waals surface area contributed by atoms with Gasteiger partial charge in [-0.1, -0.05) is 49.4 Å². The van der Waals surface area contributed by atoms with E-state index in [1.54, 1.807) is 0 Å². The maximum absolute atomic E-state index is 5.93. The van der Waals surface area contributed by atoms with Crippen LogP contribution >= 0.6 is 0 Å². The van der Waals surface area contributed by atoms with Gasteiger partial charge in [0.25, 0.3) is 0 Å². The van der Waals surface area contributed by atoms with Crippen LogP contribution in [0.4, 0.5) is 0 Å². The van der Waals surface area contributed by atoms with Crippen molar-refractivity contribution in [1.82, 2.24) is 0 Å². The zero-order valence-corrected chi connectivity index (χ0v) is 12.3. The molecule has 0 saturated carbocycles. The molecular formula is C21H14O. The Morgan fingerprint density at radius 1 is 0.864 bits per heavy atom. The largest absolute Gasteiger partial charge is 0.448 e. The van der Waals surface area contributed by atoms with Crippen LogP contribution in [0.5, 0.6) is 11.5 Å². The van der Waals surface area contributed by atoms with Crippen LogP contribution in [0.2, 0.25) is 0 Å². The lowest BCUT2D eigenvalue weighted by molar-refractivity contribution is 0.656. The Balaban J connectivity index is 1.97. The van der Waals surface area contributed by atoms with E-state index in [2.05, 4.69) is 55.5 Å². The molecule has 4 aromatic rings. The minimum atomic E-state index is 0.568. The van der Waals surface area contributed by atoms with Crippen LogP contribution < -0.4 is 4.74 Å². The van der Waals surface area contributed by atoms with Gasteiger partial charge >= 0.3 is 0 Å². The van der Waals surface area contributed by atoms with E-state index in [0.29, 0.717) is 5.92 Å². The predicted octanol–water partition coefficient (Wildman–Crippen LogP) is 5.91. The molecule has 2 aliphatic rings. The van der Waals surface area contributed by atoms with Crippen molar-refractivity contribution in [2.45, 2.75) is 19.3 Å². The van der Waals surface area contributed by atoms with E-state index in [-0.39, 0.29) is 0 Å². The van der Waals surface area contributed by atoms with Crippen LogP contribution in [0.25, 0.3) is 32.3 Å². The molecule has 0 saturated heterocycles. The Bertz CT molecular complexity index is 1140. The van der Waals surface area contributed by atoms with Crippen molar-refractivity contribution in [1.29, 1.82) is 0 Å². The van der Waals surface area contributed by atoms with Crippen molar-refractivity contribution in [2.24, 2.45) is 0 Å². The fourth-order valence-corrected chi connectivity index (χ4v) is 4.45. The van der Waals surface area contributed by atoms with E-state index in [9.17, 15) is 0 Å². The number of rotatable bonds is 0. The molecule has 1 aliphatic heterocycles. The molecule has 1 heterocycles. The van der Waals surface area contributed by atoms with Gasteiger partial charge in [-0.15, -0.1) is 0 Å². The maximum Gasteiger partial charge on any atom is 0.178 e. The summed E-state index contributed by atoms with van der Waals surface area (Å²) < 4.78 is 5.93. The van der Waals surface area contributed by atoms with Crippen molar-refractivity contribution in [3.05, 3.63) is 59.7 Å². The van der Waals surface area contributed by atoms with E-state index in [4.69, 9.17) is 4.74 Å². The number of benzene rings is 4. The van der Waals surface area contributed by atoms with Crippen molar-refractivity contribution >= 4 is 32.3 Å². The van der Waals surface area contributed by atoms with Gasteiger partial charge in [0.15, 0.2) is 11.5 Å². The van der Waals surface area contributed by atoms with Gasteiger partial charge in [-0.05, 0) is 51.1 Å². The Morgan fingerprint density at radius 3 is 2.64 bits per heavy atom. The van der Waals surface area contributed by atoms with Crippen LogP contribution in [0.15, 0.2) is 48.5 Å². The molecule has 0 bridgehead atoms. The fraction of sp³-hybridized carbons (Fsp3) is 0.143. The normalized spacial score (nSPS) is 18.0. The monoisotopic (exact) mass is 282 g/mol. The predicted molar refractivity (Wildman–Crippen MR) is 91.2 cm³/mol. The Kier molecular flexibility index (Phi) is 1.73. The number of fused-ring (bicyclic) bond motifs is 7. The molecule has 0 spiro atoms. The lowest BCUT2D eigenvalue weighted by Crippen LogP contribution is -1.90. The molecule has 4 aromatic carbocycles. The Labute approximate surface area is 128 Å². The molecule has 0 aromatic heterocycles. The third-order valence-corrected chi connectivity index (χ3v) is 5.37. The third-order valence-electron chi connectivity index (χ3n) is 5.37. The summed E-state index contributed by atoms with van der Waals surface area (Å²) in [5.41, 5.74) is 2.99. The van der Waals surface area contributed by atoms with Crippen molar-refractivity contribution in [2.75, 3.05) is 0 Å². The van der Waals surface area contributed by atoms with E-state index < -0.39 is 0 Å². The van der Waals surface area contributed by atoms with E-state index in [1.807, 2.05) is 0 Å². The second-order valence-electron chi connectivity index (χ2n) is 6.64. The van der Waals surface area contributed by atoms with Crippen molar-refractivity contribution < 1.29 is 4.74 Å². The van der Waals surface area contributed by atoms with Crippen molar-refractivity contribution in [3.8, 4) is 11.5 Å². The molecule has 0 N–H and O–H groups in total. The fourth-order valence-electron chi connectivity index (χ4n) is 4.45. The van der Waals surface area contributed by atoms with E-state index in [0.717, 1.165) is 17.9 Å². The van der Waals surface area contributed by atoms with Gasteiger partial charge in [0, 0.05) is 10.8 Å². The second-order valence-corrected chi connectivity index (χ2v) is 6.64. The first kappa shape index (κ1) is 11.1. The van der Waals surface area contributed by atoms with E-state index in [1.165, 1.54) is 43.4 Å². The first-order valence-electron chi connectivity index (χ1n) is 7.93. The average molecular weight is 282 g/mol. The summed E-state index contributed by atoms with van der Waals surface area (Å²) in [5, 5.41) is 8.11. The Morgan fingerprint density at radius 2 is 1.73 bits per heavy atom. The molecule has 1 aliphatic carbocycles. The van der Waals surface area contributed by atoms with Gasteiger partial charge in [0.05, 0.1) is 0 Å². The van der Waals surface area contributed by atoms with E-state index >= 15 is 0 Å². The highest BCUT2D eigenvalue weighted by Crippen LogP contribution is 2.59. The summed E-state index contributed by atoms with van der Waals surface area (Å²) >= 11 is 0. The molecule has 22 heavy (non-hydrogen) atoms. The summed E-state index contributed by atoms with van der Waals surface area (Å²) in [6.45, 7) is 2.35. The SMILES string of the molecule is CC1Cc2cccc3cc4c(c5c(c6ccccc64)O5)c1c23. The third kappa shape index (κ3) is 1.14. The summed E-state index contributed by atoms with van der Waals surface area (Å²) in [7, 11) is 0. The lowest BCUT2D eigenvalue weighted by atomic mass is 9.91. The Hall–Kier alpha value is -2.54. The smallest absolute Gasteiger partial charge is 0.178 e. The summed E-state index contributed by atoms with van der Waals surface area (Å²) in [6.07, 6.45) is 1.15. The molecule has 0 fully saturated rings. The summed E-state index contributed by atoms with van der Waals surface area (Å²) in [6, 6.07) is 17.7. The maximum atomic E-state index is 5.93. The van der Waals surface area contributed by atoms with Crippen LogP contribution in [-0.4, -0.2) is 0 Å². The van der Waals surface area contributed by atoms with Crippen LogP contribution in [0, 0.1) is 0 Å². The standard InChI is InChI=1S/C21H14O/c1-11-9-12-5-4-6-13-10-16-14-7-2-3-8-15(14)20-21(22-20)19(16)17(11)18(12)13/h2-8,10-11H,9H2,1H3. The summed E-state index contributed by atoms with van der Waals surface area (Å²) in [4.78, 5) is 0. The van der Waals surface area contributed by atoms with Gasteiger partial charge in [0.2, 0.25) is 0 Å².